The second-order valence-corrected chi connectivity index (χ2v) is 17.9. The van der Waals surface area contributed by atoms with E-state index in [-0.39, 0.29) is 47.9 Å². The fraction of sp³-hybridized carbons (Fsp3) is 0.477. The van der Waals surface area contributed by atoms with Crippen molar-refractivity contribution in [3.8, 4) is 11.3 Å². The van der Waals surface area contributed by atoms with E-state index in [9.17, 15) is 9.90 Å². The largest absolute Gasteiger partial charge is 0.512 e. The summed E-state index contributed by atoms with van der Waals surface area (Å²) in [5.41, 5.74) is 5.36. The van der Waals surface area contributed by atoms with Crippen LogP contribution in [0, 0.1) is 29.7 Å². The number of hydrogen-bond donors (Lipinski definition) is 1. The fourth-order valence-electron chi connectivity index (χ4n) is 6.39. The monoisotopic (exact) mass is 918 g/mol. The summed E-state index contributed by atoms with van der Waals surface area (Å²) in [5, 5.41) is 15.4. The maximum Gasteiger partial charge on any atom is 0.221 e. The fourth-order valence-corrected chi connectivity index (χ4v) is 8.29. The molecule has 2 aromatic carbocycles. The third-order valence-electron chi connectivity index (χ3n) is 10.8. The van der Waals surface area contributed by atoms with E-state index < -0.39 is 0 Å². The van der Waals surface area contributed by atoms with Gasteiger partial charge in [0.05, 0.1) is 0 Å². The van der Waals surface area contributed by atoms with Crippen LogP contribution in [0.3, 0.4) is 0 Å². The molecule has 0 aliphatic heterocycles. The molecule has 0 saturated heterocycles. The third kappa shape index (κ3) is 8.94. The quantitative estimate of drug-likeness (QED) is 0.0581. The number of aryl methyl sites for hydroxylation is 1. The Kier molecular flexibility index (Phi) is 14.8. The van der Waals surface area contributed by atoms with E-state index in [1.165, 1.54) is 37.1 Å². The van der Waals surface area contributed by atoms with Gasteiger partial charge in [-0.05, 0) is 73.5 Å². The smallest absolute Gasteiger partial charge is 0.221 e. The number of rotatable bonds is 12. The molecule has 5 rings (SSSR count). The maximum absolute atomic E-state index is 12.2. The van der Waals surface area contributed by atoms with Crippen LogP contribution in [0.4, 0.5) is 0 Å². The minimum atomic E-state index is -0.337. The Labute approximate surface area is 333 Å². The number of benzene rings is 2. The number of hydrogen-bond acceptors (Lipinski definition) is 7. The number of thioether (sulfide) groups is 1. The summed E-state index contributed by atoms with van der Waals surface area (Å²) in [5.74, 6) is 0.854. The average molecular weight is 918 g/mol. The molecule has 0 atom stereocenters. The Morgan fingerprint density at radius 2 is 1.63 bits per heavy atom. The van der Waals surface area contributed by atoms with Gasteiger partial charge >= 0.3 is 0 Å². The van der Waals surface area contributed by atoms with Crippen LogP contribution in [0.15, 0.2) is 63.7 Å². The van der Waals surface area contributed by atoms with E-state index in [1.54, 1.807) is 18.1 Å². The minimum absolute atomic E-state index is 0. The number of aromatic nitrogens is 2. The molecule has 283 valence electrons. The molecule has 3 aromatic heterocycles. The van der Waals surface area contributed by atoms with E-state index in [1.807, 2.05) is 58.3 Å². The van der Waals surface area contributed by atoms with Crippen molar-refractivity contribution < 1.29 is 34.4 Å². The molecule has 0 unspecified atom stereocenters. The van der Waals surface area contributed by atoms with E-state index >= 15 is 0 Å². The zero-order valence-corrected chi connectivity index (χ0v) is 37.2. The van der Waals surface area contributed by atoms with Crippen molar-refractivity contribution in [1.82, 2.24) is 9.97 Å². The summed E-state index contributed by atoms with van der Waals surface area (Å²) in [7, 11) is 0. The first kappa shape index (κ1) is 43.6. The van der Waals surface area contributed by atoms with Gasteiger partial charge in [-0.15, -0.1) is 40.7 Å². The maximum atomic E-state index is 12.2. The van der Waals surface area contributed by atoms with Crippen LogP contribution in [0.2, 0.25) is 0 Å². The van der Waals surface area contributed by atoms with Gasteiger partial charge in [-0.2, -0.15) is 11.8 Å². The Hall–Kier alpha value is -2.77. The number of thiophene rings is 1. The van der Waals surface area contributed by atoms with Crippen LogP contribution < -0.4 is 0 Å². The summed E-state index contributed by atoms with van der Waals surface area (Å²) in [6, 6.07) is 12.0. The van der Waals surface area contributed by atoms with Gasteiger partial charge in [-0.25, -0.2) is 4.98 Å². The summed E-state index contributed by atoms with van der Waals surface area (Å²) >= 11 is 3.50. The predicted molar refractivity (Wildman–Crippen MR) is 220 cm³/mol. The van der Waals surface area contributed by atoms with Gasteiger partial charge in [-0.3, -0.25) is 9.78 Å². The summed E-state index contributed by atoms with van der Waals surface area (Å²) < 4.78 is 7.56. The number of carbonyl (C=O) groups is 1. The number of carbonyl (C=O) groups excluding carboxylic acids is 1. The van der Waals surface area contributed by atoms with Gasteiger partial charge in [-0.1, -0.05) is 87.6 Å². The van der Waals surface area contributed by atoms with E-state index in [4.69, 9.17) is 9.40 Å². The molecule has 0 bridgehead atoms. The van der Waals surface area contributed by atoms with Crippen LogP contribution in [-0.2, 0) is 36.7 Å². The molecule has 0 fully saturated rings. The van der Waals surface area contributed by atoms with Crippen molar-refractivity contribution in [2.45, 2.75) is 125 Å². The normalized spacial score (nSPS) is 12.7. The van der Waals surface area contributed by atoms with E-state index in [0.717, 1.165) is 59.7 Å². The first-order valence-electron chi connectivity index (χ1n) is 18.4. The van der Waals surface area contributed by atoms with Gasteiger partial charge in [0.25, 0.3) is 0 Å². The Bertz CT molecular complexity index is 2060. The van der Waals surface area contributed by atoms with Crippen LogP contribution in [-0.4, -0.2) is 20.9 Å². The summed E-state index contributed by atoms with van der Waals surface area (Å²) in [6.45, 7) is 29.5. The van der Waals surface area contributed by atoms with Crippen LogP contribution in [0.1, 0.15) is 118 Å². The standard InChI is InChI=1S/C29H29N2OS2.C15H28O2.Ir/c1-8-33-22-11-9-18(14-20(22)29(5,6)7)27-26-25-21(32-28(26)31-15-30-27)10-12-23-24(25)19(13-16(2)3)17(4)34-23;1-7-14(5,8-2)12(16)11-13(17)15(6,9-3)10-4;/h8,10-12,14-16H,1,13H2,2-7H3;11,16H,7-10H2,1-6H3;/q-1;;/b;12-11-;. The van der Waals surface area contributed by atoms with Crippen LogP contribution in [0.5, 0.6) is 0 Å². The molecule has 0 aliphatic rings. The SMILES string of the molecule is C=CSc1c[c-]c(-c2ncnc3oc4ccc5sc(C)c(CC(C)C)c5c4c23)cc1C(C)(C)C.CCC(C)(CC)C(=O)/C=C(\O)C(C)(CC)CC.[Ir]. The molecule has 5 aromatic rings. The first-order chi connectivity index (χ1) is 24.0. The summed E-state index contributed by atoms with van der Waals surface area (Å²) in [6.07, 6.45) is 7.39. The molecule has 8 heteroatoms. The van der Waals surface area contributed by atoms with E-state index in [2.05, 4.69) is 83.4 Å². The summed E-state index contributed by atoms with van der Waals surface area (Å²) in [4.78, 5) is 24.0. The molecule has 5 nitrogen and oxygen atoms in total. The zero-order valence-electron chi connectivity index (χ0n) is 33.2. The Balaban J connectivity index is 0.000000347. The van der Waals surface area contributed by atoms with Gasteiger partial charge in [0.1, 0.15) is 17.7 Å². The van der Waals surface area contributed by atoms with Crippen molar-refractivity contribution >= 4 is 61.0 Å². The topological polar surface area (TPSA) is 76.2 Å². The van der Waals surface area contributed by atoms with Crippen molar-refractivity contribution in [3.05, 3.63) is 76.5 Å². The van der Waals surface area contributed by atoms with Crippen molar-refractivity contribution in [2.75, 3.05) is 0 Å². The van der Waals surface area contributed by atoms with E-state index in [0.29, 0.717) is 11.6 Å². The molecular weight excluding hydrogens is 861 g/mol. The number of ketones is 1. The molecule has 0 amide bonds. The minimum Gasteiger partial charge on any atom is -0.512 e. The molecule has 52 heavy (non-hydrogen) atoms. The molecule has 3 heterocycles. The van der Waals surface area contributed by atoms with Gasteiger partial charge in [0, 0.05) is 68.4 Å². The zero-order chi connectivity index (χ0) is 37.9. The number of aliphatic hydroxyl groups is 1. The molecule has 0 spiro atoms. The van der Waals surface area contributed by atoms with Crippen molar-refractivity contribution in [1.29, 1.82) is 0 Å². The number of aliphatic hydroxyl groups excluding tert-OH is 1. The number of allylic oxidation sites excluding steroid dienone is 2. The molecule has 1 radical (unpaired) electrons. The first-order valence-corrected chi connectivity index (χ1v) is 20.1. The molecular formula is C44H57IrN2O3S2-. The number of furan rings is 1. The van der Waals surface area contributed by atoms with Gasteiger partial charge in [0.15, 0.2) is 5.78 Å². The van der Waals surface area contributed by atoms with Crippen LogP contribution >= 0.6 is 23.1 Å². The molecule has 0 aliphatic carbocycles. The number of nitrogens with zero attached hydrogens (tertiary/aromatic N) is 2. The second kappa shape index (κ2) is 17.6. The van der Waals surface area contributed by atoms with Crippen molar-refractivity contribution in [3.63, 3.8) is 0 Å². The second-order valence-electron chi connectivity index (χ2n) is 15.6. The van der Waals surface area contributed by atoms with Gasteiger partial charge in [0.2, 0.25) is 5.71 Å². The Morgan fingerprint density at radius 3 is 2.19 bits per heavy atom. The predicted octanol–water partition coefficient (Wildman–Crippen LogP) is 13.7. The molecule has 1 N–H and O–H groups in total. The molecule has 0 saturated carbocycles. The van der Waals surface area contributed by atoms with Crippen molar-refractivity contribution in [2.24, 2.45) is 16.7 Å². The average Bonchev–Trinajstić information content (AvgIpc) is 3.63. The van der Waals surface area contributed by atoms with Gasteiger partial charge < -0.3 is 9.52 Å². The van der Waals surface area contributed by atoms with Crippen LogP contribution in [0.25, 0.3) is 43.4 Å². The third-order valence-corrected chi connectivity index (χ3v) is 12.7. The Morgan fingerprint density at radius 1 is 1.00 bits per heavy atom. The number of fused-ring (bicyclic) bond motifs is 5.